The van der Waals surface area contributed by atoms with E-state index in [0.717, 1.165) is 29.8 Å². The van der Waals surface area contributed by atoms with Crippen molar-refractivity contribution in [3.8, 4) is 11.5 Å². The van der Waals surface area contributed by atoms with Gasteiger partial charge in [-0.2, -0.15) is 4.90 Å². The van der Waals surface area contributed by atoms with Gasteiger partial charge in [-0.3, -0.25) is 9.80 Å². The van der Waals surface area contributed by atoms with E-state index in [1.54, 1.807) is 53.7 Å². The summed E-state index contributed by atoms with van der Waals surface area (Å²) < 4.78 is 27.9. The second kappa shape index (κ2) is 16.9. The van der Waals surface area contributed by atoms with Crippen LogP contribution in [0.5, 0.6) is 11.5 Å². The van der Waals surface area contributed by atoms with Crippen LogP contribution in [0.4, 0.5) is 53.6 Å². The number of nitrogen functional groups attached to an aromatic ring is 1. The third-order valence-corrected chi connectivity index (χ3v) is 10.1. The molecule has 3 aromatic rings. The van der Waals surface area contributed by atoms with Crippen molar-refractivity contribution in [3.63, 3.8) is 0 Å². The molecule has 1 spiro atoms. The van der Waals surface area contributed by atoms with Crippen molar-refractivity contribution in [1.82, 2.24) is 14.9 Å². The number of nitrogens with two attached hydrogens (primary N) is 1. The third-order valence-electron chi connectivity index (χ3n) is 9.32. The van der Waals surface area contributed by atoms with E-state index in [0.29, 0.717) is 24.5 Å². The van der Waals surface area contributed by atoms with Crippen LogP contribution in [0.1, 0.15) is 75.2 Å². The number of carbonyl (C=O) groups is 4. The number of aromatic nitrogens is 2. The van der Waals surface area contributed by atoms with Crippen LogP contribution in [-0.2, 0) is 14.2 Å². The van der Waals surface area contributed by atoms with Crippen molar-refractivity contribution in [3.05, 3.63) is 46.7 Å². The summed E-state index contributed by atoms with van der Waals surface area (Å²) in [5.41, 5.74) is 4.78. The molecular weight excluding hydrogens is 819 g/mol. The Balaban J connectivity index is 1.51. The van der Waals surface area contributed by atoms with E-state index in [-0.39, 0.29) is 61.9 Å². The zero-order chi connectivity index (χ0) is 44.7. The lowest BCUT2D eigenvalue weighted by Crippen LogP contribution is -2.58. The topological polar surface area (TPSA) is 182 Å². The van der Waals surface area contributed by atoms with Gasteiger partial charge in [0.05, 0.1) is 31.1 Å². The van der Waals surface area contributed by atoms with Crippen LogP contribution in [0.15, 0.2) is 36.7 Å². The first-order chi connectivity index (χ1) is 27.8. The molecule has 2 fully saturated rings. The van der Waals surface area contributed by atoms with E-state index >= 15 is 0 Å². The highest BCUT2D eigenvalue weighted by atomic mass is 35.5. The smallest absolute Gasteiger partial charge is 0.423 e. The number of benzene rings is 2. The first-order valence-corrected chi connectivity index (χ1v) is 20.0. The van der Waals surface area contributed by atoms with Gasteiger partial charge in [0.2, 0.25) is 0 Å². The second-order valence-electron chi connectivity index (χ2n) is 17.5. The molecule has 1 saturated carbocycles. The summed E-state index contributed by atoms with van der Waals surface area (Å²) in [5.74, 6) is 0.0575. The van der Waals surface area contributed by atoms with Crippen molar-refractivity contribution in [2.24, 2.45) is 0 Å². The van der Waals surface area contributed by atoms with Gasteiger partial charge in [-0.25, -0.2) is 34.0 Å². The monoisotopic (exact) mass is 872 g/mol. The molecule has 0 radical (unpaired) electrons. The molecule has 2 N–H and O–H groups in total. The normalized spacial score (nSPS) is 14.9. The summed E-state index contributed by atoms with van der Waals surface area (Å²) in [6.45, 7) is 17.1. The minimum atomic E-state index is -1.12. The summed E-state index contributed by atoms with van der Waals surface area (Å²) in [4.78, 5) is 71.0. The lowest BCUT2D eigenvalue weighted by atomic mass is 10.1. The van der Waals surface area contributed by atoms with Gasteiger partial charge < -0.3 is 34.3 Å². The molecule has 326 valence electrons. The van der Waals surface area contributed by atoms with E-state index in [2.05, 4.69) is 14.9 Å². The van der Waals surface area contributed by atoms with Crippen LogP contribution in [0.25, 0.3) is 0 Å². The van der Waals surface area contributed by atoms with E-state index < -0.39 is 35.0 Å². The highest BCUT2D eigenvalue weighted by molar-refractivity contribution is 6.43. The maximum absolute atomic E-state index is 14.5. The third kappa shape index (κ3) is 10.1. The van der Waals surface area contributed by atoms with Crippen molar-refractivity contribution < 1.29 is 42.9 Å². The van der Waals surface area contributed by atoms with Crippen molar-refractivity contribution >= 4 is 81.9 Å². The number of anilines is 6. The predicted octanol–water partition coefficient (Wildman–Crippen LogP) is 9.04. The Kier molecular flexibility index (Phi) is 12.9. The van der Waals surface area contributed by atoms with Crippen LogP contribution in [0.2, 0.25) is 10.0 Å². The van der Waals surface area contributed by atoms with E-state index in [4.69, 9.17) is 52.6 Å². The molecule has 1 saturated heterocycles. The quantitative estimate of drug-likeness (QED) is 0.175. The number of ether oxygens (including phenoxy) is 5. The molecule has 17 nitrogen and oxygen atoms in total. The van der Waals surface area contributed by atoms with Crippen molar-refractivity contribution in [2.75, 3.05) is 66.2 Å². The lowest BCUT2D eigenvalue weighted by Gasteiger charge is -2.43. The number of amides is 5. The minimum absolute atomic E-state index is 0.0146. The van der Waals surface area contributed by atoms with Crippen LogP contribution < -0.4 is 34.8 Å². The van der Waals surface area contributed by atoms with Gasteiger partial charge in [0.15, 0.2) is 0 Å². The molecule has 5 amide bonds. The zero-order valence-corrected chi connectivity index (χ0v) is 37.6. The molecule has 60 heavy (non-hydrogen) atoms. The van der Waals surface area contributed by atoms with Crippen molar-refractivity contribution in [1.29, 1.82) is 0 Å². The molecule has 2 aliphatic rings. The number of rotatable bonds is 7. The van der Waals surface area contributed by atoms with Gasteiger partial charge in [0, 0.05) is 44.5 Å². The Morgan fingerprint density at radius 3 is 1.83 bits per heavy atom. The number of methoxy groups -OCH3 is 2. The number of urea groups is 1. The first kappa shape index (κ1) is 45.7. The minimum Gasteiger partial charge on any atom is -0.495 e. The van der Waals surface area contributed by atoms with Gasteiger partial charge >= 0.3 is 24.3 Å². The molecule has 5 rings (SSSR count). The molecule has 2 aromatic carbocycles. The largest absolute Gasteiger partial charge is 0.495 e. The summed E-state index contributed by atoms with van der Waals surface area (Å²) in [7, 11) is 4.05. The standard InChI is InChI=1S/C41H54Cl2N8O9/c1-38(2,3)58-35(53)49-18-17-48(22-41(49)15-16-41)24-13-14-26(25(44)19-24)50(36(54)59-39(4,5)6)30-21-29(45-23-46-30)47(10)34(52)51(37(55)60-40(7,8)9)33-31(42)27(56-11)20-28(57-12)32(33)43/h13-14,19-21,23H,15-18,22,44H2,1-12H3. The lowest BCUT2D eigenvalue weighted by molar-refractivity contribution is 0.0106. The number of hydrogen-bond acceptors (Lipinski definition) is 13. The van der Waals surface area contributed by atoms with Crippen molar-refractivity contribution in [2.45, 2.75) is 97.5 Å². The Morgan fingerprint density at radius 2 is 1.32 bits per heavy atom. The van der Waals surface area contributed by atoms with Gasteiger partial charge in [-0.1, -0.05) is 23.2 Å². The number of hydrogen-bond donors (Lipinski definition) is 1. The van der Waals surface area contributed by atoms with Crippen LogP contribution in [0, 0.1) is 0 Å². The van der Waals surface area contributed by atoms with Gasteiger partial charge in [-0.05, 0) is 93.4 Å². The SMILES string of the molecule is COc1cc(OC)c(Cl)c(N(C(=O)OC(C)(C)C)C(=O)N(C)c2cc(N(C(=O)OC(C)(C)C)c3ccc(N4CCN(C(=O)OC(C)(C)C)C5(CC5)C4)cc3N)ncn2)c1Cl. The number of imide groups is 1. The summed E-state index contributed by atoms with van der Waals surface area (Å²) in [5, 5.41) is -0.349. The number of halogens is 2. The maximum Gasteiger partial charge on any atom is 0.423 e. The average molecular weight is 874 g/mol. The Labute approximate surface area is 360 Å². The molecule has 2 heterocycles. The molecule has 1 aliphatic carbocycles. The first-order valence-electron chi connectivity index (χ1n) is 19.2. The Morgan fingerprint density at radius 1 is 0.767 bits per heavy atom. The summed E-state index contributed by atoms with van der Waals surface area (Å²) in [6, 6.07) is 7.01. The fourth-order valence-electron chi connectivity index (χ4n) is 6.47. The number of piperazine rings is 1. The fourth-order valence-corrected chi connectivity index (χ4v) is 7.14. The van der Waals surface area contributed by atoms with Gasteiger partial charge in [0.1, 0.15) is 62.0 Å². The highest BCUT2D eigenvalue weighted by Crippen LogP contribution is 2.48. The Bertz CT molecular complexity index is 2120. The summed E-state index contributed by atoms with van der Waals surface area (Å²) >= 11 is 13.4. The number of carbonyl (C=O) groups excluding carboxylic acids is 4. The fraction of sp³-hybridized carbons (Fsp3) is 0.512. The average Bonchev–Trinajstić information content (AvgIpc) is 3.90. The second-order valence-corrected chi connectivity index (χ2v) is 18.2. The zero-order valence-electron chi connectivity index (χ0n) is 36.1. The molecule has 0 unspecified atom stereocenters. The maximum atomic E-state index is 14.5. The van der Waals surface area contributed by atoms with Gasteiger partial charge in [-0.15, -0.1) is 0 Å². The molecule has 0 atom stereocenters. The van der Waals surface area contributed by atoms with Gasteiger partial charge in [0.25, 0.3) is 0 Å². The Hall–Kier alpha value is -5.42. The molecule has 1 aliphatic heterocycles. The number of nitrogens with zero attached hydrogens (tertiary/aromatic N) is 7. The van der Waals surface area contributed by atoms with E-state index in [9.17, 15) is 19.2 Å². The molecule has 1 aromatic heterocycles. The predicted molar refractivity (Wildman–Crippen MR) is 230 cm³/mol. The van der Waals surface area contributed by atoms with Crippen LogP contribution in [-0.4, -0.2) is 102 Å². The molecule has 19 heteroatoms. The van der Waals surface area contributed by atoms with Crippen LogP contribution >= 0.6 is 23.2 Å². The van der Waals surface area contributed by atoms with E-state index in [1.807, 2.05) is 31.7 Å². The molecule has 0 bridgehead atoms. The van der Waals surface area contributed by atoms with E-state index in [1.165, 1.54) is 38.3 Å². The van der Waals surface area contributed by atoms with Crippen LogP contribution in [0.3, 0.4) is 0 Å². The highest BCUT2D eigenvalue weighted by Gasteiger charge is 2.54. The summed E-state index contributed by atoms with van der Waals surface area (Å²) in [6.07, 6.45) is 0.570. The molecular formula is C41H54Cl2N8O9.